The van der Waals surface area contributed by atoms with Crippen molar-refractivity contribution in [2.24, 2.45) is 4.99 Å². The van der Waals surface area contributed by atoms with Crippen molar-refractivity contribution >= 4 is 5.96 Å². The minimum atomic E-state index is 0.585. The molecule has 0 saturated heterocycles. The molecule has 0 bridgehead atoms. The summed E-state index contributed by atoms with van der Waals surface area (Å²) in [4.78, 5) is 8.88. The average molecular weight is 282 g/mol. The van der Waals surface area contributed by atoms with E-state index in [1.807, 2.05) is 13.1 Å². The smallest absolute Gasteiger partial charge is 0.193 e. The zero-order chi connectivity index (χ0) is 15.4. The van der Waals surface area contributed by atoms with Gasteiger partial charge in [0.1, 0.15) is 0 Å². The molecule has 20 heavy (non-hydrogen) atoms. The highest BCUT2D eigenvalue weighted by Gasteiger charge is 2.06. The SMILES string of the molecule is C=CCCCCCN(C)C(=NC)NCCN(C)C(C)C. The fourth-order valence-corrected chi connectivity index (χ4v) is 1.91. The molecule has 0 aliphatic carbocycles. The second-order valence-electron chi connectivity index (χ2n) is 5.61. The minimum absolute atomic E-state index is 0.585. The minimum Gasteiger partial charge on any atom is -0.355 e. The molecule has 0 radical (unpaired) electrons. The van der Waals surface area contributed by atoms with Crippen LogP contribution in [0, 0.1) is 0 Å². The summed E-state index contributed by atoms with van der Waals surface area (Å²) in [6, 6.07) is 0.585. The molecule has 0 unspecified atom stereocenters. The molecular weight excluding hydrogens is 248 g/mol. The van der Waals surface area contributed by atoms with Crippen LogP contribution in [0.4, 0.5) is 0 Å². The van der Waals surface area contributed by atoms with Gasteiger partial charge in [-0.05, 0) is 40.2 Å². The van der Waals surface area contributed by atoms with Crippen LogP contribution in [-0.2, 0) is 0 Å². The molecule has 0 aliphatic heterocycles. The molecule has 0 rings (SSSR count). The Morgan fingerprint density at radius 2 is 1.90 bits per heavy atom. The number of hydrogen-bond acceptors (Lipinski definition) is 2. The molecule has 0 aromatic heterocycles. The monoisotopic (exact) mass is 282 g/mol. The van der Waals surface area contributed by atoms with Gasteiger partial charge in [0.15, 0.2) is 5.96 Å². The van der Waals surface area contributed by atoms with Crippen LogP contribution in [0.1, 0.15) is 39.5 Å². The van der Waals surface area contributed by atoms with Crippen molar-refractivity contribution < 1.29 is 0 Å². The number of aliphatic imine (C=N–C) groups is 1. The van der Waals surface area contributed by atoms with E-state index in [2.05, 4.69) is 54.6 Å². The van der Waals surface area contributed by atoms with Crippen LogP contribution in [0.5, 0.6) is 0 Å². The molecule has 0 spiro atoms. The summed E-state index contributed by atoms with van der Waals surface area (Å²) < 4.78 is 0. The van der Waals surface area contributed by atoms with E-state index in [9.17, 15) is 0 Å². The fraction of sp³-hybridized carbons (Fsp3) is 0.812. The normalized spacial score (nSPS) is 12.1. The lowest BCUT2D eigenvalue weighted by Crippen LogP contribution is -2.43. The third-order valence-corrected chi connectivity index (χ3v) is 3.60. The van der Waals surface area contributed by atoms with E-state index in [1.54, 1.807) is 0 Å². The van der Waals surface area contributed by atoms with Crippen molar-refractivity contribution in [2.45, 2.75) is 45.6 Å². The molecule has 4 nitrogen and oxygen atoms in total. The molecule has 0 atom stereocenters. The topological polar surface area (TPSA) is 30.9 Å². The van der Waals surface area contributed by atoms with Crippen molar-refractivity contribution in [3.63, 3.8) is 0 Å². The van der Waals surface area contributed by atoms with Gasteiger partial charge in [-0.15, -0.1) is 6.58 Å². The van der Waals surface area contributed by atoms with Gasteiger partial charge in [-0.3, -0.25) is 4.99 Å². The summed E-state index contributed by atoms with van der Waals surface area (Å²) in [6.45, 7) is 11.2. The van der Waals surface area contributed by atoms with Crippen molar-refractivity contribution in [3.05, 3.63) is 12.7 Å². The summed E-state index contributed by atoms with van der Waals surface area (Å²) in [5, 5.41) is 3.43. The van der Waals surface area contributed by atoms with Crippen LogP contribution in [-0.4, -0.2) is 62.6 Å². The molecule has 0 saturated carbocycles. The molecule has 0 aliphatic rings. The molecular formula is C16H34N4. The van der Waals surface area contributed by atoms with Crippen molar-refractivity contribution in [1.82, 2.24) is 15.1 Å². The maximum absolute atomic E-state index is 4.34. The number of nitrogens with zero attached hydrogens (tertiary/aromatic N) is 3. The molecule has 0 amide bonds. The predicted molar refractivity (Wildman–Crippen MR) is 90.4 cm³/mol. The summed E-state index contributed by atoms with van der Waals surface area (Å²) in [7, 11) is 6.11. The molecule has 0 aromatic rings. The number of rotatable bonds is 10. The first kappa shape index (κ1) is 19.0. The highest BCUT2D eigenvalue weighted by Crippen LogP contribution is 2.01. The number of likely N-dealkylation sites (N-methyl/N-ethyl adjacent to an activating group) is 1. The fourth-order valence-electron chi connectivity index (χ4n) is 1.91. The van der Waals surface area contributed by atoms with Crippen LogP contribution in [0.2, 0.25) is 0 Å². The van der Waals surface area contributed by atoms with Crippen LogP contribution in [0.15, 0.2) is 17.6 Å². The van der Waals surface area contributed by atoms with Gasteiger partial charge < -0.3 is 15.1 Å². The lowest BCUT2D eigenvalue weighted by atomic mass is 10.2. The van der Waals surface area contributed by atoms with Crippen LogP contribution in [0.25, 0.3) is 0 Å². The van der Waals surface area contributed by atoms with Crippen LogP contribution >= 0.6 is 0 Å². The van der Waals surface area contributed by atoms with Crippen molar-refractivity contribution in [2.75, 3.05) is 40.8 Å². The molecule has 118 valence electrons. The maximum Gasteiger partial charge on any atom is 0.193 e. The first-order valence-electron chi connectivity index (χ1n) is 7.75. The van der Waals surface area contributed by atoms with Crippen molar-refractivity contribution in [3.8, 4) is 0 Å². The Morgan fingerprint density at radius 3 is 2.45 bits per heavy atom. The van der Waals surface area contributed by atoms with E-state index >= 15 is 0 Å². The number of nitrogens with one attached hydrogen (secondary N) is 1. The highest BCUT2D eigenvalue weighted by atomic mass is 15.3. The lowest BCUT2D eigenvalue weighted by molar-refractivity contribution is 0.277. The van der Waals surface area contributed by atoms with E-state index in [1.165, 1.54) is 19.3 Å². The molecule has 0 heterocycles. The average Bonchev–Trinajstić information content (AvgIpc) is 2.42. The Labute approximate surface area is 125 Å². The van der Waals surface area contributed by atoms with E-state index in [0.717, 1.165) is 32.0 Å². The van der Waals surface area contributed by atoms with E-state index < -0.39 is 0 Å². The van der Waals surface area contributed by atoms with Crippen LogP contribution < -0.4 is 5.32 Å². The number of unbranched alkanes of at least 4 members (excludes halogenated alkanes) is 3. The van der Waals surface area contributed by atoms with E-state index in [4.69, 9.17) is 0 Å². The molecule has 0 fully saturated rings. The first-order valence-corrected chi connectivity index (χ1v) is 7.75. The van der Waals surface area contributed by atoms with Gasteiger partial charge in [-0.1, -0.05) is 12.5 Å². The number of hydrogen-bond donors (Lipinski definition) is 1. The Hall–Kier alpha value is -1.03. The largest absolute Gasteiger partial charge is 0.355 e. The maximum atomic E-state index is 4.34. The van der Waals surface area contributed by atoms with Crippen LogP contribution in [0.3, 0.4) is 0 Å². The van der Waals surface area contributed by atoms with Gasteiger partial charge >= 0.3 is 0 Å². The quantitative estimate of drug-likeness (QED) is 0.289. The molecule has 1 N–H and O–H groups in total. The van der Waals surface area contributed by atoms with Gasteiger partial charge in [0, 0.05) is 39.8 Å². The number of guanidine groups is 1. The third-order valence-electron chi connectivity index (χ3n) is 3.60. The van der Waals surface area contributed by atoms with Gasteiger partial charge in [0.25, 0.3) is 0 Å². The van der Waals surface area contributed by atoms with Gasteiger partial charge in [0.2, 0.25) is 0 Å². The zero-order valence-electron chi connectivity index (χ0n) is 14.2. The predicted octanol–water partition coefficient (Wildman–Crippen LogP) is 2.58. The standard InChI is InChI=1S/C16H34N4/c1-7-8-9-10-11-13-20(6)16(17-4)18-12-14-19(5)15(2)3/h7,15H,1,8-14H2,2-6H3,(H,17,18). The lowest BCUT2D eigenvalue weighted by Gasteiger charge is -2.25. The third kappa shape index (κ3) is 8.97. The highest BCUT2D eigenvalue weighted by molar-refractivity contribution is 5.79. The second kappa shape index (κ2) is 11.8. The zero-order valence-corrected chi connectivity index (χ0v) is 14.2. The Balaban J connectivity index is 3.86. The second-order valence-corrected chi connectivity index (χ2v) is 5.61. The van der Waals surface area contributed by atoms with Gasteiger partial charge in [-0.2, -0.15) is 0 Å². The van der Waals surface area contributed by atoms with E-state index in [0.29, 0.717) is 6.04 Å². The molecule has 0 aromatic carbocycles. The van der Waals surface area contributed by atoms with E-state index in [-0.39, 0.29) is 0 Å². The Kier molecular flexibility index (Phi) is 11.2. The molecule has 4 heteroatoms. The number of allylic oxidation sites excluding steroid dienone is 1. The Bertz CT molecular complexity index is 274. The van der Waals surface area contributed by atoms with Crippen molar-refractivity contribution in [1.29, 1.82) is 0 Å². The van der Waals surface area contributed by atoms with Gasteiger partial charge in [0.05, 0.1) is 0 Å². The summed E-state index contributed by atoms with van der Waals surface area (Å²) in [5.41, 5.74) is 0. The summed E-state index contributed by atoms with van der Waals surface area (Å²) in [6.07, 6.45) is 6.82. The summed E-state index contributed by atoms with van der Waals surface area (Å²) in [5.74, 6) is 0.992. The first-order chi connectivity index (χ1) is 9.52. The van der Waals surface area contributed by atoms with Gasteiger partial charge in [-0.25, -0.2) is 0 Å². The summed E-state index contributed by atoms with van der Waals surface area (Å²) >= 11 is 0. The Morgan fingerprint density at radius 1 is 1.20 bits per heavy atom.